The molecule has 1 saturated heterocycles. The number of primary amides is 1. The molecule has 0 aromatic carbocycles. The predicted octanol–water partition coefficient (Wildman–Crippen LogP) is 1.17. The average Bonchev–Trinajstić information content (AvgIpc) is 3.27. The maximum atomic E-state index is 11.3. The molecule has 3 rings (SSSR count). The Hall–Kier alpha value is -2.81. The summed E-state index contributed by atoms with van der Waals surface area (Å²) in [6, 6.07) is 4.16. The van der Waals surface area contributed by atoms with Crippen molar-refractivity contribution in [3.63, 3.8) is 0 Å². The molecule has 3 heterocycles. The van der Waals surface area contributed by atoms with E-state index in [-0.39, 0.29) is 25.0 Å². The molecular weight excluding hydrogens is 348 g/mol. The van der Waals surface area contributed by atoms with Crippen LogP contribution in [0.1, 0.15) is 56.0 Å². The molecule has 1 unspecified atom stereocenters. The van der Waals surface area contributed by atoms with E-state index in [0.29, 0.717) is 5.82 Å². The molecule has 2 aromatic heterocycles. The minimum atomic E-state index is -0.415. The molecule has 0 bridgehead atoms. The third kappa shape index (κ3) is 5.33. The molecule has 3 N–H and O–H groups in total. The molecule has 0 spiro atoms. The first-order valence-corrected chi connectivity index (χ1v) is 8.93. The maximum Gasteiger partial charge on any atom is 0.290 e. The van der Waals surface area contributed by atoms with Gasteiger partial charge in [-0.1, -0.05) is 6.07 Å². The van der Waals surface area contributed by atoms with E-state index in [1.54, 1.807) is 6.20 Å². The molecule has 1 amide bonds. The lowest BCUT2D eigenvalue weighted by atomic mass is 10.1. The summed E-state index contributed by atoms with van der Waals surface area (Å²) in [6.07, 6.45) is 6.08. The van der Waals surface area contributed by atoms with Crippen molar-refractivity contribution >= 4 is 12.4 Å². The van der Waals surface area contributed by atoms with Crippen LogP contribution in [0.3, 0.4) is 0 Å². The molecule has 0 radical (unpaired) electrons. The maximum absolute atomic E-state index is 11.3. The average molecular weight is 374 g/mol. The fraction of sp³-hybridized carbons (Fsp3) is 0.500. The Labute approximate surface area is 158 Å². The van der Waals surface area contributed by atoms with Gasteiger partial charge < -0.3 is 10.8 Å². The van der Waals surface area contributed by atoms with Gasteiger partial charge in [0.1, 0.15) is 5.82 Å². The monoisotopic (exact) mass is 374 g/mol. The summed E-state index contributed by atoms with van der Waals surface area (Å²) in [7, 11) is 0. The summed E-state index contributed by atoms with van der Waals surface area (Å²) in [5.41, 5.74) is 6.42. The molecule has 146 valence electrons. The lowest BCUT2D eigenvalue weighted by Gasteiger charge is -2.27. The van der Waals surface area contributed by atoms with Gasteiger partial charge in [-0.3, -0.25) is 19.5 Å². The van der Waals surface area contributed by atoms with Crippen molar-refractivity contribution in [1.82, 2.24) is 24.6 Å². The van der Waals surface area contributed by atoms with Gasteiger partial charge in [0.15, 0.2) is 5.82 Å². The molecule has 1 aliphatic rings. The first-order valence-electron chi connectivity index (χ1n) is 8.93. The van der Waals surface area contributed by atoms with Crippen molar-refractivity contribution in [2.45, 2.75) is 45.2 Å². The van der Waals surface area contributed by atoms with Gasteiger partial charge in [-0.2, -0.15) is 5.10 Å². The van der Waals surface area contributed by atoms with E-state index in [4.69, 9.17) is 15.6 Å². The number of rotatable bonds is 6. The summed E-state index contributed by atoms with van der Waals surface area (Å²) in [4.78, 5) is 31.0. The Bertz CT molecular complexity index is 741. The number of carbonyl (C=O) groups is 2. The number of likely N-dealkylation sites (tertiary alicyclic amines) is 1. The van der Waals surface area contributed by atoms with Gasteiger partial charge in [0.2, 0.25) is 5.91 Å². The van der Waals surface area contributed by atoms with Crippen molar-refractivity contribution < 1.29 is 14.7 Å². The first kappa shape index (κ1) is 20.5. The lowest BCUT2D eigenvalue weighted by Crippen LogP contribution is -2.29. The molecule has 2 aromatic rings. The van der Waals surface area contributed by atoms with Crippen molar-refractivity contribution in [1.29, 1.82) is 0 Å². The van der Waals surface area contributed by atoms with Crippen LogP contribution in [-0.2, 0) is 16.0 Å². The van der Waals surface area contributed by atoms with Crippen molar-refractivity contribution in [2.24, 2.45) is 5.73 Å². The number of aromatic nitrogens is 4. The number of nitrogens with two attached hydrogens (primary N) is 1. The Balaban J connectivity index is 0.000000817. The second-order valence-electron chi connectivity index (χ2n) is 6.61. The minimum absolute atomic E-state index is 0.00211. The Morgan fingerprint density at radius 3 is 2.56 bits per heavy atom. The molecule has 0 aliphatic carbocycles. The fourth-order valence-corrected chi connectivity index (χ4v) is 3.24. The van der Waals surface area contributed by atoms with E-state index in [1.165, 1.54) is 12.8 Å². The number of hydrogen-bond donors (Lipinski definition) is 2. The van der Waals surface area contributed by atoms with Crippen molar-refractivity contribution in [3.05, 3.63) is 41.7 Å². The summed E-state index contributed by atoms with van der Waals surface area (Å²) >= 11 is 0. The molecule has 1 fully saturated rings. The van der Waals surface area contributed by atoms with Crippen LogP contribution in [0.25, 0.3) is 0 Å². The number of hydrogen-bond acceptors (Lipinski definition) is 6. The highest BCUT2D eigenvalue weighted by Crippen LogP contribution is 2.31. The second kappa shape index (κ2) is 9.77. The SMILES string of the molecule is CC(C)n1nc(CC(N)=O)nc1C(c1cccnc1)N1CCCC1.O=CO. The van der Waals surface area contributed by atoms with Crippen LogP contribution in [0.2, 0.25) is 0 Å². The summed E-state index contributed by atoms with van der Waals surface area (Å²) in [5.74, 6) is 0.928. The number of nitrogens with zero attached hydrogens (tertiary/aromatic N) is 5. The summed E-state index contributed by atoms with van der Waals surface area (Å²) in [5, 5.41) is 11.4. The standard InChI is InChI=1S/C17H24N6O.CH2O2/c1-12(2)23-17(20-15(21-23)10-14(18)24)16(22-8-3-4-9-22)13-6-5-7-19-11-13;2-1-3/h5-7,11-12,16H,3-4,8-10H2,1-2H3,(H2,18,24);1H,(H,2,3). The molecule has 9 heteroatoms. The number of pyridine rings is 1. The Morgan fingerprint density at radius 1 is 1.37 bits per heavy atom. The van der Waals surface area contributed by atoms with Crippen LogP contribution in [0.4, 0.5) is 0 Å². The van der Waals surface area contributed by atoms with Gasteiger partial charge in [0.05, 0.1) is 12.5 Å². The highest BCUT2D eigenvalue weighted by molar-refractivity contribution is 5.75. The smallest absolute Gasteiger partial charge is 0.290 e. The van der Waals surface area contributed by atoms with Crippen LogP contribution in [0.15, 0.2) is 24.5 Å². The van der Waals surface area contributed by atoms with Crippen LogP contribution < -0.4 is 5.73 Å². The third-order valence-electron chi connectivity index (χ3n) is 4.27. The first-order chi connectivity index (χ1) is 13.0. The Kier molecular flexibility index (Phi) is 7.42. The molecule has 1 aliphatic heterocycles. The van der Waals surface area contributed by atoms with E-state index in [9.17, 15) is 4.79 Å². The van der Waals surface area contributed by atoms with Gasteiger partial charge >= 0.3 is 0 Å². The summed E-state index contributed by atoms with van der Waals surface area (Å²) < 4.78 is 1.91. The fourth-order valence-electron chi connectivity index (χ4n) is 3.24. The zero-order valence-corrected chi connectivity index (χ0v) is 15.7. The third-order valence-corrected chi connectivity index (χ3v) is 4.27. The van der Waals surface area contributed by atoms with Gasteiger partial charge in [-0.05, 0) is 51.4 Å². The van der Waals surface area contributed by atoms with Gasteiger partial charge in [0.25, 0.3) is 6.47 Å². The molecule has 1 atom stereocenters. The van der Waals surface area contributed by atoms with Crippen molar-refractivity contribution in [2.75, 3.05) is 13.1 Å². The second-order valence-corrected chi connectivity index (χ2v) is 6.61. The minimum Gasteiger partial charge on any atom is -0.483 e. The van der Waals surface area contributed by atoms with Gasteiger partial charge in [0, 0.05) is 18.4 Å². The van der Waals surface area contributed by atoms with E-state index in [1.807, 2.05) is 16.9 Å². The zero-order valence-electron chi connectivity index (χ0n) is 15.7. The molecular formula is C18H26N6O3. The van der Waals surface area contributed by atoms with Crippen LogP contribution in [0.5, 0.6) is 0 Å². The van der Waals surface area contributed by atoms with Gasteiger partial charge in [-0.15, -0.1) is 0 Å². The topological polar surface area (TPSA) is 127 Å². The Morgan fingerprint density at radius 2 is 2.04 bits per heavy atom. The number of carboxylic acid groups (broad SMARTS) is 1. The van der Waals surface area contributed by atoms with Crippen molar-refractivity contribution in [3.8, 4) is 0 Å². The normalized spacial score (nSPS) is 15.2. The lowest BCUT2D eigenvalue weighted by molar-refractivity contribution is -0.123. The van der Waals surface area contributed by atoms with Gasteiger partial charge in [-0.25, -0.2) is 9.67 Å². The number of carbonyl (C=O) groups excluding carboxylic acids is 1. The highest BCUT2D eigenvalue weighted by atomic mass is 16.3. The van der Waals surface area contributed by atoms with Crippen LogP contribution >= 0.6 is 0 Å². The van der Waals surface area contributed by atoms with Crippen LogP contribution in [0, 0.1) is 0 Å². The molecule has 27 heavy (non-hydrogen) atoms. The van der Waals surface area contributed by atoms with E-state index in [2.05, 4.69) is 39.9 Å². The van der Waals surface area contributed by atoms with Crippen LogP contribution in [-0.4, -0.2) is 55.2 Å². The largest absolute Gasteiger partial charge is 0.483 e. The van der Waals surface area contributed by atoms with E-state index >= 15 is 0 Å². The quantitative estimate of drug-likeness (QED) is 0.726. The van der Waals surface area contributed by atoms with E-state index in [0.717, 1.165) is 24.5 Å². The summed E-state index contributed by atoms with van der Waals surface area (Å²) in [6.45, 7) is 5.93. The molecule has 0 saturated carbocycles. The zero-order chi connectivity index (χ0) is 19.8. The number of amides is 1. The molecule has 9 nitrogen and oxygen atoms in total. The highest BCUT2D eigenvalue weighted by Gasteiger charge is 2.30. The predicted molar refractivity (Wildman–Crippen MR) is 98.9 cm³/mol. The van der Waals surface area contributed by atoms with E-state index < -0.39 is 5.91 Å².